The standard InChI is InChI=1S/C15H13IN2O/c16-13-8-12(10-17)9-14(18)15(13)19-7-6-11-4-2-1-3-5-11/h1-5,8-9H,6-7,18H2. The van der Waals surface area contributed by atoms with Gasteiger partial charge in [-0.3, -0.25) is 0 Å². The summed E-state index contributed by atoms with van der Waals surface area (Å²) in [4.78, 5) is 0. The van der Waals surface area contributed by atoms with Crippen molar-refractivity contribution in [2.45, 2.75) is 6.42 Å². The van der Waals surface area contributed by atoms with Gasteiger partial charge >= 0.3 is 0 Å². The zero-order chi connectivity index (χ0) is 13.7. The molecule has 0 aromatic heterocycles. The molecule has 0 aliphatic rings. The van der Waals surface area contributed by atoms with Crippen LogP contribution in [0.1, 0.15) is 11.1 Å². The summed E-state index contributed by atoms with van der Waals surface area (Å²) < 4.78 is 6.59. The predicted octanol–water partition coefficient (Wildman–Crippen LogP) is 3.37. The highest BCUT2D eigenvalue weighted by atomic mass is 127. The molecule has 2 aromatic carbocycles. The van der Waals surface area contributed by atoms with Crippen molar-refractivity contribution in [3.63, 3.8) is 0 Å². The van der Waals surface area contributed by atoms with Gasteiger partial charge in [-0.05, 0) is 40.3 Å². The Morgan fingerprint density at radius 3 is 2.58 bits per heavy atom. The van der Waals surface area contributed by atoms with E-state index in [1.165, 1.54) is 5.56 Å². The minimum atomic E-state index is 0.511. The molecule has 2 N–H and O–H groups in total. The predicted molar refractivity (Wildman–Crippen MR) is 83.9 cm³/mol. The van der Waals surface area contributed by atoms with E-state index in [-0.39, 0.29) is 0 Å². The van der Waals surface area contributed by atoms with Gasteiger partial charge in [0.25, 0.3) is 0 Å². The number of rotatable bonds is 4. The van der Waals surface area contributed by atoms with Crippen molar-refractivity contribution in [1.29, 1.82) is 5.26 Å². The van der Waals surface area contributed by atoms with E-state index < -0.39 is 0 Å². The van der Waals surface area contributed by atoms with E-state index in [4.69, 9.17) is 15.7 Å². The van der Waals surface area contributed by atoms with E-state index in [9.17, 15) is 0 Å². The monoisotopic (exact) mass is 364 g/mol. The Hall–Kier alpha value is -1.74. The second kappa shape index (κ2) is 6.43. The fraction of sp³-hybridized carbons (Fsp3) is 0.133. The lowest BCUT2D eigenvalue weighted by Crippen LogP contribution is -2.05. The largest absolute Gasteiger partial charge is 0.490 e. The van der Waals surface area contributed by atoms with Gasteiger partial charge in [-0.1, -0.05) is 30.3 Å². The zero-order valence-corrected chi connectivity index (χ0v) is 12.4. The molecule has 0 bridgehead atoms. The molecule has 19 heavy (non-hydrogen) atoms. The summed E-state index contributed by atoms with van der Waals surface area (Å²) in [6, 6.07) is 15.6. The van der Waals surface area contributed by atoms with Gasteiger partial charge in [0.2, 0.25) is 0 Å². The first-order valence-electron chi connectivity index (χ1n) is 5.86. The molecule has 2 rings (SSSR count). The average Bonchev–Trinajstić information content (AvgIpc) is 2.42. The summed E-state index contributed by atoms with van der Waals surface area (Å²) in [5, 5.41) is 8.85. The molecule has 0 radical (unpaired) electrons. The third kappa shape index (κ3) is 3.61. The summed E-state index contributed by atoms with van der Waals surface area (Å²) in [7, 11) is 0. The van der Waals surface area contributed by atoms with Gasteiger partial charge in [0.05, 0.1) is 27.5 Å². The van der Waals surface area contributed by atoms with Gasteiger partial charge in [-0.15, -0.1) is 0 Å². The number of nitrogens with two attached hydrogens (primary N) is 1. The van der Waals surface area contributed by atoms with Crippen molar-refractivity contribution >= 4 is 28.3 Å². The molecule has 4 heteroatoms. The summed E-state index contributed by atoms with van der Waals surface area (Å²) >= 11 is 2.13. The van der Waals surface area contributed by atoms with Crippen molar-refractivity contribution in [2.75, 3.05) is 12.3 Å². The van der Waals surface area contributed by atoms with Crippen LogP contribution < -0.4 is 10.5 Å². The van der Waals surface area contributed by atoms with E-state index in [0.29, 0.717) is 23.6 Å². The summed E-state index contributed by atoms with van der Waals surface area (Å²) in [6.45, 7) is 0.566. The second-order valence-corrected chi connectivity index (χ2v) is 5.23. The van der Waals surface area contributed by atoms with Crippen LogP contribution in [-0.2, 0) is 6.42 Å². The normalized spacial score (nSPS) is 9.89. The molecule has 3 nitrogen and oxygen atoms in total. The van der Waals surface area contributed by atoms with E-state index >= 15 is 0 Å². The van der Waals surface area contributed by atoms with E-state index in [1.807, 2.05) is 18.2 Å². The van der Waals surface area contributed by atoms with Gasteiger partial charge in [0, 0.05) is 6.42 Å². The van der Waals surface area contributed by atoms with Crippen molar-refractivity contribution in [3.05, 3.63) is 57.2 Å². The highest BCUT2D eigenvalue weighted by Gasteiger charge is 2.08. The molecule has 96 valence electrons. The number of hydrogen-bond donors (Lipinski definition) is 1. The Bertz CT molecular complexity index is 582. The Kier molecular flexibility index (Phi) is 4.63. The van der Waals surface area contributed by atoms with Gasteiger partial charge < -0.3 is 10.5 Å². The number of anilines is 1. The molecular weight excluding hydrogens is 351 g/mol. The quantitative estimate of drug-likeness (QED) is 0.669. The van der Waals surface area contributed by atoms with Crippen molar-refractivity contribution < 1.29 is 4.74 Å². The van der Waals surface area contributed by atoms with Crippen LogP contribution in [0.25, 0.3) is 0 Å². The van der Waals surface area contributed by atoms with Gasteiger partial charge in [-0.2, -0.15) is 5.26 Å². The minimum absolute atomic E-state index is 0.511. The fourth-order valence-corrected chi connectivity index (χ4v) is 2.55. The van der Waals surface area contributed by atoms with Crippen LogP contribution in [0.2, 0.25) is 0 Å². The molecular formula is C15H13IN2O. The Morgan fingerprint density at radius 1 is 1.21 bits per heavy atom. The first-order valence-corrected chi connectivity index (χ1v) is 6.94. The Labute approximate surface area is 126 Å². The molecule has 0 saturated heterocycles. The molecule has 0 unspecified atom stereocenters. The molecule has 0 heterocycles. The fourth-order valence-electron chi connectivity index (χ4n) is 1.75. The van der Waals surface area contributed by atoms with Gasteiger partial charge in [-0.25, -0.2) is 0 Å². The topological polar surface area (TPSA) is 59.0 Å². The van der Waals surface area contributed by atoms with E-state index in [2.05, 4.69) is 40.8 Å². The molecule has 0 aliphatic carbocycles. The molecule has 2 aromatic rings. The van der Waals surface area contributed by atoms with Crippen LogP contribution in [0, 0.1) is 14.9 Å². The molecule has 0 atom stereocenters. The number of benzene rings is 2. The first kappa shape index (κ1) is 13.7. The highest BCUT2D eigenvalue weighted by molar-refractivity contribution is 14.1. The van der Waals surface area contributed by atoms with E-state index in [0.717, 1.165) is 9.99 Å². The number of ether oxygens (including phenoxy) is 1. The molecule has 0 amide bonds. The number of nitrogen functional groups attached to an aromatic ring is 1. The SMILES string of the molecule is N#Cc1cc(N)c(OCCc2ccccc2)c(I)c1. The lowest BCUT2D eigenvalue weighted by molar-refractivity contribution is 0.321. The first-order chi connectivity index (χ1) is 9.20. The number of nitriles is 1. The highest BCUT2D eigenvalue weighted by Crippen LogP contribution is 2.29. The summed E-state index contributed by atoms with van der Waals surface area (Å²) in [5.74, 6) is 0.663. The Balaban J connectivity index is 2.02. The van der Waals surface area contributed by atoms with Gasteiger partial charge in [0.15, 0.2) is 5.75 Å². The number of nitrogens with zero attached hydrogens (tertiary/aromatic N) is 1. The van der Waals surface area contributed by atoms with Crippen LogP contribution in [0.3, 0.4) is 0 Å². The smallest absolute Gasteiger partial charge is 0.155 e. The van der Waals surface area contributed by atoms with Gasteiger partial charge in [0.1, 0.15) is 0 Å². The molecule has 0 spiro atoms. The molecule has 0 aliphatic heterocycles. The third-order valence-electron chi connectivity index (χ3n) is 2.68. The lowest BCUT2D eigenvalue weighted by Gasteiger charge is -2.11. The van der Waals surface area contributed by atoms with Crippen molar-refractivity contribution in [1.82, 2.24) is 0 Å². The summed E-state index contributed by atoms with van der Waals surface area (Å²) in [6.07, 6.45) is 0.830. The van der Waals surface area contributed by atoms with Crippen LogP contribution >= 0.6 is 22.6 Å². The molecule has 0 saturated carbocycles. The van der Waals surface area contributed by atoms with Crippen molar-refractivity contribution in [3.8, 4) is 11.8 Å². The maximum atomic E-state index is 8.85. The number of hydrogen-bond acceptors (Lipinski definition) is 3. The maximum absolute atomic E-state index is 8.85. The zero-order valence-electron chi connectivity index (χ0n) is 10.3. The average molecular weight is 364 g/mol. The minimum Gasteiger partial charge on any atom is -0.490 e. The van der Waals surface area contributed by atoms with Crippen LogP contribution in [0.15, 0.2) is 42.5 Å². The van der Waals surface area contributed by atoms with Crippen LogP contribution in [0.4, 0.5) is 5.69 Å². The van der Waals surface area contributed by atoms with Crippen LogP contribution in [0.5, 0.6) is 5.75 Å². The second-order valence-electron chi connectivity index (χ2n) is 4.07. The Morgan fingerprint density at radius 2 is 1.95 bits per heavy atom. The number of halogens is 1. The maximum Gasteiger partial charge on any atom is 0.155 e. The summed E-state index contributed by atoms with van der Waals surface area (Å²) in [5.41, 5.74) is 8.19. The van der Waals surface area contributed by atoms with E-state index in [1.54, 1.807) is 12.1 Å². The third-order valence-corrected chi connectivity index (χ3v) is 3.48. The molecule has 0 fully saturated rings. The van der Waals surface area contributed by atoms with Crippen molar-refractivity contribution in [2.24, 2.45) is 0 Å². The van der Waals surface area contributed by atoms with Crippen LogP contribution in [-0.4, -0.2) is 6.61 Å². The lowest BCUT2D eigenvalue weighted by atomic mass is 10.2.